The maximum Gasteiger partial charge on any atom is 0.276 e. The van der Waals surface area contributed by atoms with E-state index in [1.165, 1.54) is 11.8 Å². The summed E-state index contributed by atoms with van der Waals surface area (Å²) in [6, 6.07) is 3.95. The monoisotopic (exact) mass is 253 g/mol. The molecule has 2 aromatic heterocycles. The molecule has 84 valence electrons. The highest BCUT2D eigenvalue weighted by atomic mass is 32.2. The highest BCUT2D eigenvalue weighted by Crippen LogP contribution is 2.21. The molecule has 4 nitrogen and oxygen atoms in total. The Labute approximate surface area is 102 Å². The molecule has 0 aliphatic heterocycles. The summed E-state index contributed by atoms with van der Waals surface area (Å²) in [6.07, 6.45) is 5.61. The molecule has 0 unspecified atom stereocenters. The standard InChI is InChI=1S/C10H11N3OS2/c1-15-7-9-12-13-10(14-9)16-6-8-3-2-4-11-5-8/h2-5H,6-7H2,1H3. The summed E-state index contributed by atoms with van der Waals surface area (Å²) < 4.78 is 5.45. The lowest BCUT2D eigenvalue weighted by molar-refractivity contribution is 0.426. The van der Waals surface area contributed by atoms with Crippen LogP contribution in [0.5, 0.6) is 0 Å². The molecule has 0 saturated heterocycles. The number of thioether (sulfide) groups is 2. The third kappa shape index (κ3) is 3.24. The molecule has 0 aliphatic carbocycles. The van der Waals surface area contributed by atoms with Gasteiger partial charge in [0, 0.05) is 18.1 Å². The van der Waals surface area contributed by atoms with E-state index in [4.69, 9.17) is 4.42 Å². The topological polar surface area (TPSA) is 51.8 Å². The average Bonchev–Trinajstić information content (AvgIpc) is 2.76. The van der Waals surface area contributed by atoms with Crippen molar-refractivity contribution in [3.63, 3.8) is 0 Å². The number of aromatic nitrogens is 3. The Bertz CT molecular complexity index is 433. The van der Waals surface area contributed by atoms with Crippen LogP contribution in [0.15, 0.2) is 34.2 Å². The molecule has 0 fully saturated rings. The van der Waals surface area contributed by atoms with E-state index in [0.29, 0.717) is 11.1 Å². The van der Waals surface area contributed by atoms with Crippen LogP contribution in [0.1, 0.15) is 11.5 Å². The Hall–Kier alpha value is -1.01. The molecule has 6 heteroatoms. The van der Waals surface area contributed by atoms with Gasteiger partial charge in [-0.15, -0.1) is 10.2 Å². The third-order valence-electron chi connectivity index (χ3n) is 1.80. The smallest absolute Gasteiger partial charge is 0.276 e. The van der Waals surface area contributed by atoms with E-state index < -0.39 is 0 Å². The number of nitrogens with zero attached hydrogens (tertiary/aromatic N) is 3. The average molecular weight is 253 g/mol. The summed E-state index contributed by atoms with van der Waals surface area (Å²) in [4.78, 5) is 4.05. The second-order valence-corrected chi connectivity index (χ2v) is 4.84. The minimum absolute atomic E-state index is 0.618. The fraction of sp³-hybridized carbons (Fsp3) is 0.300. The van der Waals surface area contributed by atoms with E-state index in [0.717, 1.165) is 17.1 Å². The lowest BCUT2D eigenvalue weighted by Crippen LogP contribution is -1.81. The van der Waals surface area contributed by atoms with Crippen molar-refractivity contribution in [2.24, 2.45) is 0 Å². The summed E-state index contributed by atoms with van der Waals surface area (Å²) in [7, 11) is 0. The van der Waals surface area contributed by atoms with Crippen LogP contribution < -0.4 is 0 Å². The summed E-state index contributed by atoms with van der Waals surface area (Å²) >= 11 is 3.20. The zero-order chi connectivity index (χ0) is 11.2. The van der Waals surface area contributed by atoms with Crippen molar-refractivity contribution in [1.82, 2.24) is 15.2 Å². The Balaban J connectivity index is 1.89. The number of hydrogen-bond donors (Lipinski definition) is 0. The van der Waals surface area contributed by atoms with Crippen molar-refractivity contribution in [2.45, 2.75) is 16.7 Å². The van der Waals surface area contributed by atoms with E-state index in [2.05, 4.69) is 15.2 Å². The van der Waals surface area contributed by atoms with E-state index >= 15 is 0 Å². The molecular formula is C10H11N3OS2. The van der Waals surface area contributed by atoms with Gasteiger partial charge in [0.2, 0.25) is 5.89 Å². The molecule has 0 N–H and O–H groups in total. The Morgan fingerprint density at radius 2 is 2.25 bits per heavy atom. The zero-order valence-corrected chi connectivity index (χ0v) is 10.4. The molecule has 0 spiro atoms. The predicted molar refractivity (Wildman–Crippen MR) is 65.3 cm³/mol. The normalized spacial score (nSPS) is 10.6. The van der Waals surface area contributed by atoms with Crippen LogP contribution in [0.25, 0.3) is 0 Å². The summed E-state index contributed by atoms with van der Waals surface area (Å²) in [6.45, 7) is 0. The van der Waals surface area contributed by atoms with Gasteiger partial charge in [0.1, 0.15) is 0 Å². The Morgan fingerprint density at radius 3 is 3.00 bits per heavy atom. The van der Waals surface area contributed by atoms with E-state index in [9.17, 15) is 0 Å². The van der Waals surface area contributed by atoms with Gasteiger partial charge in [-0.1, -0.05) is 17.8 Å². The molecule has 2 heterocycles. The van der Waals surface area contributed by atoms with Gasteiger partial charge >= 0.3 is 0 Å². The van der Waals surface area contributed by atoms with Crippen molar-refractivity contribution in [2.75, 3.05) is 6.26 Å². The Morgan fingerprint density at radius 1 is 1.31 bits per heavy atom. The second kappa shape index (κ2) is 5.91. The van der Waals surface area contributed by atoms with E-state index in [1.807, 2.05) is 24.6 Å². The molecule has 0 bridgehead atoms. The quantitative estimate of drug-likeness (QED) is 0.763. The molecule has 0 radical (unpaired) electrons. The molecule has 0 aromatic carbocycles. The number of pyridine rings is 1. The lowest BCUT2D eigenvalue weighted by atomic mass is 10.3. The van der Waals surface area contributed by atoms with Crippen molar-refractivity contribution < 1.29 is 4.42 Å². The molecule has 0 aliphatic rings. The van der Waals surface area contributed by atoms with Crippen LogP contribution in [-0.2, 0) is 11.5 Å². The summed E-state index contributed by atoms with van der Waals surface area (Å²) in [5.41, 5.74) is 1.15. The molecule has 2 rings (SSSR count). The van der Waals surface area contributed by atoms with Crippen molar-refractivity contribution >= 4 is 23.5 Å². The van der Waals surface area contributed by atoms with Gasteiger partial charge in [0.25, 0.3) is 5.22 Å². The van der Waals surface area contributed by atoms with Gasteiger partial charge in [-0.2, -0.15) is 11.8 Å². The first-order valence-electron chi connectivity index (χ1n) is 4.71. The maximum atomic E-state index is 5.45. The van der Waals surface area contributed by atoms with Gasteiger partial charge in [-0.05, 0) is 17.9 Å². The largest absolute Gasteiger partial charge is 0.415 e. The van der Waals surface area contributed by atoms with Crippen molar-refractivity contribution in [3.05, 3.63) is 36.0 Å². The first-order valence-corrected chi connectivity index (χ1v) is 7.09. The second-order valence-electron chi connectivity index (χ2n) is 3.04. The molecule has 0 atom stereocenters. The van der Waals surface area contributed by atoms with E-state index in [-0.39, 0.29) is 0 Å². The molecular weight excluding hydrogens is 242 g/mol. The molecule has 2 aromatic rings. The van der Waals surface area contributed by atoms with Gasteiger partial charge in [0.15, 0.2) is 0 Å². The Kier molecular flexibility index (Phi) is 4.24. The predicted octanol–water partition coefficient (Wildman–Crippen LogP) is 2.62. The van der Waals surface area contributed by atoms with Crippen LogP contribution >= 0.6 is 23.5 Å². The zero-order valence-electron chi connectivity index (χ0n) is 8.79. The van der Waals surface area contributed by atoms with Crippen LogP contribution in [-0.4, -0.2) is 21.4 Å². The minimum Gasteiger partial charge on any atom is -0.415 e. The summed E-state index contributed by atoms with van der Waals surface area (Å²) in [5, 5.41) is 8.53. The number of hydrogen-bond acceptors (Lipinski definition) is 6. The summed E-state index contributed by atoms with van der Waals surface area (Å²) in [5.74, 6) is 2.25. The van der Waals surface area contributed by atoms with Crippen LogP contribution in [0.2, 0.25) is 0 Å². The maximum absolute atomic E-state index is 5.45. The van der Waals surface area contributed by atoms with Crippen molar-refractivity contribution in [3.8, 4) is 0 Å². The third-order valence-corrected chi connectivity index (χ3v) is 3.23. The van der Waals surface area contributed by atoms with Crippen molar-refractivity contribution in [1.29, 1.82) is 0 Å². The van der Waals surface area contributed by atoms with Crippen LogP contribution in [0.3, 0.4) is 0 Å². The minimum atomic E-state index is 0.618. The van der Waals surface area contributed by atoms with Gasteiger partial charge in [-0.3, -0.25) is 4.98 Å². The van der Waals surface area contributed by atoms with Gasteiger partial charge in [-0.25, -0.2) is 0 Å². The number of rotatable bonds is 5. The van der Waals surface area contributed by atoms with Crippen LogP contribution in [0, 0.1) is 0 Å². The molecule has 16 heavy (non-hydrogen) atoms. The van der Waals surface area contributed by atoms with Crippen LogP contribution in [0.4, 0.5) is 0 Å². The first kappa shape index (κ1) is 11.5. The lowest BCUT2D eigenvalue weighted by Gasteiger charge is -1.95. The SMILES string of the molecule is CSCc1nnc(SCc2cccnc2)o1. The highest BCUT2D eigenvalue weighted by Gasteiger charge is 2.05. The molecule has 0 amide bonds. The fourth-order valence-corrected chi connectivity index (χ4v) is 2.19. The molecule has 0 saturated carbocycles. The van der Waals surface area contributed by atoms with E-state index in [1.54, 1.807) is 18.0 Å². The van der Waals surface area contributed by atoms with Gasteiger partial charge in [0.05, 0.1) is 5.75 Å². The highest BCUT2D eigenvalue weighted by molar-refractivity contribution is 7.98. The fourth-order valence-electron chi connectivity index (χ4n) is 1.11. The van der Waals surface area contributed by atoms with Gasteiger partial charge < -0.3 is 4.42 Å². The first-order chi connectivity index (χ1) is 7.88.